The maximum absolute atomic E-state index is 13.9. The summed E-state index contributed by atoms with van der Waals surface area (Å²) in [5.74, 6) is -0.236. The second-order valence-corrected chi connectivity index (χ2v) is 4.70. The minimum Gasteiger partial charge on any atom is -0.360 e. The predicted molar refractivity (Wildman–Crippen MR) is 71.1 cm³/mol. The summed E-state index contributed by atoms with van der Waals surface area (Å²) >= 11 is 11.5. The van der Waals surface area contributed by atoms with Crippen molar-refractivity contribution in [3.8, 4) is 11.3 Å². The first-order chi connectivity index (χ1) is 9.06. The second-order valence-electron chi connectivity index (χ2n) is 3.95. The number of halogens is 3. The van der Waals surface area contributed by atoms with Crippen LogP contribution in [0.3, 0.4) is 0 Å². The average Bonchev–Trinajstić information content (AvgIpc) is 2.73. The van der Waals surface area contributed by atoms with Crippen molar-refractivity contribution in [2.45, 2.75) is 19.8 Å². The second kappa shape index (κ2) is 5.72. The van der Waals surface area contributed by atoms with E-state index < -0.39 is 11.1 Å². The van der Waals surface area contributed by atoms with Crippen molar-refractivity contribution in [2.24, 2.45) is 0 Å². The van der Waals surface area contributed by atoms with Crippen LogP contribution in [0.4, 0.5) is 4.39 Å². The molecular formula is C13H10Cl2FNO2. The molecule has 0 aliphatic carbocycles. The third-order valence-electron chi connectivity index (χ3n) is 2.64. The molecule has 1 aromatic carbocycles. The molecule has 0 saturated heterocycles. The fraction of sp³-hybridized carbons (Fsp3) is 0.231. The Bertz CT molecular complexity index is 605. The number of carbonyl (C=O) groups excluding carboxylic acids is 1. The lowest BCUT2D eigenvalue weighted by atomic mass is 10.0. The first kappa shape index (κ1) is 14.0. The van der Waals surface area contributed by atoms with Crippen molar-refractivity contribution in [2.75, 3.05) is 0 Å². The number of nitrogens with zero attached hydrogens (tertiary/aromatic N) is 1. The largest absolute Gasteiger partial charge is 0.360 e. The van der Waals surface area contributed by atoms with Gasteiger partial charge in [-0.2, -0.15) is 0 Å². The molecule has 0 radical (unpaired) electrons. The SMILES string of the molecule is CCCc1onc(-c2c(F)cccc2Cl)c1C(=O)Cl. The Hall–Kier alpha value is -1.39. The van der Waals surface area contributed by atoms with E-state index in [0.717, 1.165) is 6.42 Å². The zero-order valence-electron chi connectivity index (χ0n) is 10.0. The van der Waals surface area contributed by atoms with Crippen molar-refractivity contribution >= 4 is 28.4 Å². The Labute approximate surface area is 119 Å². The third kappa shape index (κ3) is 2.65. The van der Waals surface area contributed by atoms with E-state index in [4.69, 9.17) is 27.7 Å². The lowest BCUT2D eigenvalue weighted by molar-refractivity contribution is 0.108. The summed E-state index contributed by atoms with van der Waals surface area (Å²) in [5.41, 5.74) is 0.154. The van der Waals surface area contributed by atoms with E-state index in [1.54, 1.807) is 0 Å². The van der Waals surface area contributed by atoms with Crippen LogP contribution in [0, 0.1) is 5.82 Å². The lowest BCUT2D eigenvalue weighted by Crippen LogP contribution is -1.97. The molecule has 1 aromatic heterocycles. The Morgan fingerprint density at radius 3 is 2.79 bits per heavy atom. The zero-order chi connectivity index (χ0) is 14.0. The molecule has 0 spiro atoms. The van der Waals surface area contributed by atoms with Crippen molar-refractivity contribution in [1.29, 1.82) is 0 Å². The van der Waals surface area contributed by atoms with Crippen LogP contribution in [-0.2, 0) is 6.42 Å². The van der Waals surface area contributed by atoms with Crippen LogP contribution < -0.4 is 0 Å². The van der Waals surface area contributed by atoms with Gasteiger partial charge in [-0.25, -0.2) is 4.39 Å². The minimum atomic E-state index is -0.737. The number of hydrogen-bond donors (Lipinski definition) is 0. The van der Waals surface area contributed by atoms with Gasteiger partial charge in [0.25, 0.3) is 5.24 Å². The molecule has 0 bridgehead atoms. The average molecular weight is 302 g/mol. The third-order valence-corrected chi connectivity index (χ3v) is 3.14. The highest BCUT2D eigenvalue weighted by Crippen LogP contribution is 2.34. The van der Waals surface area contributed by atoms with E-state index in [-0.39, 0.29) is 21.8 Å². The molecule has 0 aliphatic heterocycles. The summed E-state index contributed by atoms with van der Waals surface area (Å²) in [5, 5.41) is 3.15. The highest BCUT2D eigenvalue weighted by Gasteiger charge is 2.25. The standard InChI is InChI=1S/C13H10Cl2FNO2/c1-2-4-9-11(13(15)18)12(17-19-9)10-7(14)5-3-6-8(10)16/h3,5-6H,2,4H2,1H3. The molecule has 0 aliphatic rings. The fourth-order valence-electron chi connectivity index (χ4n) is 1.82. The van der Waals surface area contributed by atoms with Gasteiger partial charge in [0.2, 0.25) is 0 Å². The number of rotatable bonds is 4. The maximum Gasteiger partial charge on any atom is 0.258 e. The number of carbonyl (C=O) groups is 1. The van der Waals surface area contributed by atoms with Crippen LogP contribution in [0.15, 0.2) is 22.7 Å². The molecule has 19 heavy (non-hydrogen) atoms. The van der Waals surface area contributed by atoms with Crippen LogP contribution in [0.25, 0.3) is 11.3 Å². The molecule has 0 fully saturated rings. The first-order valence-corrected chi connectivity index (χ1v) is 6.44. The summed E-state index contributed by atoms with van der Waals surface area (Å²) in [6.07, 6.45) is 1.24. The van der Waals surface area contributed by atoms with Crippen LogP contribution >= 0.6 is 23.2 Å². The summed E-state index contributed by atoms with van der Waals surface area (Å²) in [6.45, 7) is 1.92. The predicted octanol–water partition coefficient (Wildman–Crippen LogP) is 4.47. The maximum atomic E-state index is 13.9. The van der Waals surface area contributed by atoms with Gasteiger partial charge in [0, 0.05) is 6.42 Å². The smallest absolute Gasteiger partial charge is 0.258 e. The molecule has 3 nitrogen and oxygen atoms in total. The van der Waals surface area contributed by atoms with Gasteiger partial charge in [0.15, 0.2) is 0 Å². The summed E-state index contributed by atoms with van der Waals surface area (Å²) in [6, 6.07) is 4.21. The van der Waals surface area contributed by atoms with Crippen molar-refractivity contribution in [3.63, 3.8) is 0 Å². The van der Waals surface area contributed by atoms with Gasteiger partial charge in [-0.05, 0) is 30.2 Å². The van der Waals surface area contributed by atoms with E-state index in [0.29, 0.717) is 12.2 Å². The Morgan fingerprint density at radius 2 is 2.21 bits per heavy atom. The van der Waals surface area contributed by atoms with Gasteiger partial charge in [0.05, 0.1) is 10.6 Å². The number of benzene rings is 1. The molecule has 100 valence electrons. The quantitative estimate of drug-likeness (QED) is 0.783. The summed E-state index contributed by atoms with van der Waals surface area (Å²) < 4.78 is 18.9. The minimum absolute atomic E-state index is 0.0271. The molecular weight excluding hydrogens is 292 g/mol. The summed E-state index contributed by atoms with van der Waals surface area (Å²) in [4.78, 5) is 11.5. The number of aryl methyl sites for hydroxylation is 1. The van der Waals surface area contributed by atoms with Crippen LogP contribution in [0.1, 0.15) is 29.5 Å². The van der Waals surface area contributed by atoms with E-state index in [9.17, 15) is 9.18 Å². The Kier molecular flexibility index (Phi) is 4.22. The lowest BCUT2D eigenvalue weighted by Gasteiger charge is -2.03. The number of aromatic nitrogens is 1. The molecule has 0 atom stereocenters. The van der Waals surface area contributed by atoms with Crippen LogP contribution in [-0.4, -0.2) is 10.4 Å². The first-order valence-electron chi connectivity index (χ1n) is 5.69. The monoisotopic (exact) mass is 301 g/mol. The summed E-state index contributed by atoms with van der Waals surface area (Å²) in [7, 11) is 0. The Morgan fingerprint density at radius 1 is 1.47 bits per heavy atom. The molecule has 0 N–H and O–H groups in total. The van der Waals surface area contributed by atoms with Gasteiger partial charge in [-0.3, -0.25) is 4.79 Å². The van der Waals surface area contributed by atoms with E-state index in [1.807, 2.05) is 6.92 Å². The Balaban J connectivity index is 2.66. The molecule has 6 heteroatoms. The molecule has 1 heterocycles. The molecule has 0 amide bonds. The van der Waals surface area contributed by atoms with Crippen molar-refractivity contribution < 1.29 is 13.7 Å². The van der Waals surface area contributed by atoms with Gasteiger partial charge in [-0.1, -0.05) is 29.7 Å². The molecule has 0 unspecified atom stereocenters. The van der Waals surface area contributed by atoms with E-state index in [1.165, 1.54) is 18.2 Å². The molecule has 2 rings (SSSR count). The van der Waals surface area contributed by atoms with Crippen LogP contribution in [0.2, 0.25) is 5.02 Å². The van der Waals surface area contributed by atoms with Crippen molar-refractivity contribution in [3.05, 3.63) is 40.4 Å². The molecule has 0 saturated carbocycles. The van der Waals surface area contributed by atoms with Crippen molar-refractivity contribution in [1.82, 2.24) is 5.16 Å². The van der Waals surface area contributed by atoms with Crippen LogP contribution in [0.5, 0.6) is 0 Å². The van der Waals surface area contributed by atoms with Gasteiger partial charge < -0.3 is 4.52 Å². The highest BCUT2D eigenvalue weighted by molar-refractivity contribution is 6.68. The van der Waals surface area contributed by atoms with E-state index >= 15 is 0 Å². The fourth-order valence-corrected chi connectivity index (χ4v) is 2.27. The van der Waals surface area contributed by atoms with Gasteiger partial charge in [0.1, 0.15) is 22.8 Å². The zero-order valence-corrected chi connectivity index (χ0v) is 11.6. The van der Waals surface area contributed by atoms with Gasteiger partial charge in [-0.15, -0.1) is 0 Å². The van der Waals surface area contributed by atoms with Gasteiger partial charge >= 0.3 is 0 Å². The van der Waals surface area contributed by atoms with E-state index in [2.05, 4.69) is 5.16 Å². The number of hydrogen-bond acceptors (Lipinski definition) is 3. The highest BCUT2D eigenvalue weighted by atomic mass is 35.5. The topological polar surface area (TPSA) is 43.1 Å². The molecule has 2 aromatic rings. The normalized spacial score (nSPS) is 10.7.